The third kappa shape index (κ3) is 2.11. The second-order valence-electron chi connectivity index (χ2n) is 2.08. The summed E-state index contributed by atoms with van der Waals surface area (Å²) in [5, 5.41) is 0. The Morgan fingerprint density at radius 3 is 2.50 bits per heavy atom. The molecule has 0 spiro atoms. The Morgan fingerprint density at radius 1 is 1.50 bits per heavy atom. The van der Waals surface area contributed by atoms with Crippen molar-refractivity contribution in [2.24, 2.45) is 0 Å². The molecule has 0 aromatic carbocycles. The molecule has 1 saturated heterocycles. The van der Waals surface area contributed by atoms with Crippen molar-refractivity contribution < 1.29 is 0 Å². The second-order valence-corrected chi connectivity index (χ2v) is 6.07. The molecule has 1 heterocycles. The average Bonchev–Trinajstić information content (AvgIpc) is 1.65. The molecular weight excluding hydrogens is 156 g/mol. The summed E-state index contributed by atoms with van der Waals surface area (Å²) in [6.45, 7) is 2.19. The Morgan fingerprint density at radius 2 is 2.25 bits per heavy atom. The molecular formula is C5H10S3. The van der Waals surface area contributed by atoms with Crippen LogP contribution >= 0.6 is 36.2 Å². The first-order chi connectivity index (χ1) is 3.71. The number of hydrogen-bond donors (Lipinski definition) is 1. The molecule has 1 aliphatic rings. The largest absolute Gasteiger partial charge is 0.161 e. The zero-order valence-electron chi connectivity index (χ0n) is 4.89. The van der Waals surface area contributed by atoms with E-state index in [1.807, 2.05) is 23.5 Å². The van der Waals surface area contributed by atoms with E-state index in [1.165, 1.54) is 17.3 Å². The first-order valence-electron chi connectivity index (χ1n) is 2.65. The van der Waals surface area contributed by atoms with Gasteiger partial charge in [0.15, 0.2) is 0 Å². The standard InChI is InChI=1S/C5H10S3/c1-5(6)4-7-2-3-8-5/h6H,2-4H2,1H3. The van der Waals surface area contributed by atoms with Crippen LogP contribution < -0.4 is 0 Å². The second kappa shape index (κ2) is 2.76. The van der Waals surface area contributed by atoms with E-state index in [0.717, 1.165) is 0 Å². The van der Waals surface area contributed by atoms with E-state index in [1.54, 1.807) is 0 Å². The average molecular weight is 166 g/mol. The highest BCUT2D eigenvalue weighted by Crippen LogP contribution is 2.36. The van der Waals surface area contributed by atoms with Gasteiger partial charge in [0.05, 0.1) is 4.08 Å². The van der Waals surface area contributed by atoms with Crippen molar-refractivity contribution >= 4 is 36.2 Å². The summed E-state index contributed by atoms with van der Waals surface area (Å²) in [7, 11) is 0. The SMILES string of the molecule is CC1(S)CSCCS1. The molecule has 1 atom stereocenters. The minimum atomic E-state index is 0.253. The van der Waals surface area contributed by atoms with Crippen LogP contribution in [0.3, 0.4) is 0 Å². The van der Waals surface area contributed by atoms with Gasteiger partial charge in [-0.25, -0.2) is 0 Å². The summed E-state index contributed by atoms with van der Waals surface area (Å²) >= 11 is 8.43. The molecule has 0 saturated carbocycles. The number of thioether (sulfide) groups is 2. The van der Waals surface area contributed by atoms with Crippen molar-refractivity contribution in [1.29, 1.82) is 0 Å². The van der Waals surface area contributed by atoms with Gasteiger partial charge in [0.1, 0.15) is 0 Å². The van der Waals surface area contributed by atoms with Crippen LogP contribution in [-0.4, -0.2) is 21.3 Å². The Labute approximate surface area is 64.6 Å². The van der Waals surface area contributed by atoms with Crippen LogP contribution in [0.1, 0.15) is 6.92 Å². The fourth-order valence-corrected chi connectivity index (χ4v) is 3.52. The number of hydrogen-bond acceptors (Lipinski definition) is 3. The quantitative estimate of drug-likeness (QED) is 0.547. The van der Waals surface area contributed by atoms with E-state index in [4.69, 9.17) is 0 Å². The van der Waals surface area contributed by atoms with Gasteiger partial charge in [0.25, 0.3) is 0 Å². The maximum absolute atomic E-state index is 4.46. The fraction of sp³-hybridized carbons (Fsp3) is 1.00. The summed E-state index contributed by atoms with van der Waals surface area (Å²) in [5.41, 5.74) is 0. The van der Waals surface area contributed by atoms with Crippen molar-refractivity contribution in [3.8, 4) is 0 Å². The highest BCUT2D eigenvalue weighted by atomic mass is 32.2. The minimum absolute atomic E-state index is 0.253. The van der Waals surface area contributed by atoms with Crippen molar-refractivity contribution in [3.63, 3.8) is 0 Å². The molecule has 0 radical (unpaired) electrons. The van der Waals surface area contributed by atoms with Crippen LogP contribution in [0.25, 0.3) is 0 Å². The lowest BCUT2D eigenvalue weighted by Crippen LogP contribution is -2.20. The molecule has 48 valence electrons. The molecule has 0 N–H and O–H groups in total. The van der Waals surface area contributed by atoms with Crippen molar-refractivity contribution in [1.82, 2.24) is 0 Å². The molecule has 0 aliphatic carbocycles. The first kappa shape index (κ1) is 7.16. The molecule has 1 fully saturated rings. The van der Waals surface area contributed by atoms with Gasteiger partial charge in [-0.05, 0) is 6.92 Å². The Balaban J connectivity index is 2.33. The van der Waals surface area contributed by atoms with Gasteiger partial charge in [0, 0.05) is 17.3 Å². The van der Waals surface area contributed by atoms with Gasteiger partial charge < -0.3 is 0 Å². The van der Waals surface area contributed by atoms with Gasteiger partial charge >= 0.3 is 0 Å². The smallest absolute Gasteiger partial charge is 0.0643 e. The van der Waals surface area contributed by atoms with Gasteiger partial charge in [-0.2, -0.15) is 24.4 Å². The monoisotopic (exact) mass is 166 g/mol. The zero-order valence-corrected chi connectivity index (χ0v) is 7.41. The summed E-state index contributed by atoms with van der Waals surface area (Å²) in [5.74, 6) is 3.77. The topological polar surface area (TPSA) is 0 Å². The third-order valence-corrected chi connectivity index (χ3v) is 4.66. The van der Waals surface area contributed by atoms with Crippen LogP contribution in [0.4, 0.5) is 0 Å². The summed E-state index contributed by atoms with van der Waals surface area (Å²) in [6.07, 6.45) is 0. The van der Waals surface area contributed by atoms with Gasteiger partial charge in [0.2, 0.25) is 0 Å². The Bertz CT molecular complexity index is 71.7. The summed E-state index contributed by atoms with van der Waals surface area (Å²) in [4.78, 5) is 0. The van der Waals surface area contributed by atoms with Gasteiger partial charge in [-0.15, -0.1) is 11.8 Å². The number of thiol groups is 1. The predicted molar refractivity (Wildman–Crippen MR) is 47.2 cm³/mol. The van der Waals surface area contributed by atoms with E-state index in [0.29, 0.717) is 0 Å². The van der Waals surface area contributed by atoms with Crippen molar-refractivity contribution in [2.45, 2.75) is 11.0 Å². The normalized spacial score (nSPS) is 39.8. The van der Waals surface area contributed by atoms with Crippen LogP contribution in [0.5, 0.6) is 0 Å². The van der Waals surface area contributed by atoms with Gasteiger partial charge in [-0.1, -0.05) is 0 Å². The molecule has 8 heavy (non-hydrogen) atoms. The van der Waals surface area contributed by atoms with Crippen LogP contribution in [0, 0.1) is 0 Å². The molecule has 1 aliphatic heterocycles. The molecule has 3 heteroatoms. The fourth-order valence-electron chi connectivity index (χ4n) is 0.624. The maximum atomic E-state index is 4.46. The molecule has 0 nitrogen and oxygen atoms in total. The predicted octanol–water partition coefficient (Wildman–Crippen LogP) is 2.11. The number of rotatable bonds is 0. The first-order valence-corrected chi connectivity index (χ1v) is 5.23. The summed E-state index contributed by atoms with van der Waals surface area (Å²) < 4.78 is 0.253. The molecule has 0 aromatic heterocycles. The maximum Gasteiger partial charge on any atom is 0.0643 e. The van der Waals surface area contributed by atoms with E-state index >= 15 is 0 Å². The third-order valence-electron chi connectivity index (χ3n) is 1.01. The minimum Gasteiger partial charge on any atom is -0.161 e. The van der Waals surface area contributed by atoms with Crippen LogP contribution in [0.15, 0.2) is 0 Å². The van der Waals surface area contributed by atoms with Gasteiger partial charge in [-0.3, -0.25) is 0 Å². The van der Waals surface area contributed by atoms with Crippen LogP contribution in [0.2, 0.25) is 0 Å². The molecule has 0 bridgehead atoms. The van der Waals surface area contributed by atoms with E-state index < -0.39 is 0 Å². The van der Waals surface area contributed by atoms with E-state index in [9.17, 15) is 0 Å². The lowest BCUT2D eigenvalue weighted by molar-refractivity contribution is 1.04. The highest BCUT2D eigenvalue weighted by molar-refractivity contribution is 8.15. The lowest BCUT2D eigenvalue weighted by Gasteiger charge is -2.26. The van der Waals surface area contributed by atoms with E-state index in [-0.39, 0.29) is 4.08 Å². The van der Waals surface area contributed by atoms with Crippen molar-refractivity contribution in [2.75, 3.05) is 17.3 Å². The molecule has 0 aromatic rings. The highest BCUT2D eigenvalue weighted by Gasteiger charge is 2.22. The molecule has 1 rings (SSSR count). The van der Waals surface area contributed by atoms with Crippen molar-refractivity contribution in [3.05, 3.63) is 0 Å². The molecule has 0 amide bonds. The Kier molecular flexibility index (Phi) is 2.47. The zero-order chi connectivity index (χ0) is 6.04. The lowest BCUT2D eigenvalue weighted by atomic mass is 10.5. The van der Waals surface area contributed by atoms with E-state index in [2.05, 4.69) is 19.6 Å². The van der Waals surface area contributed by atoms with Crippen LogP contribution in [-0.2, 0) is 0 Å². The summed E-state index contributed by atoms with van der Waals surface area (Å²) in [6, 6.07) is 0. The molecule has 1 unspecified atom stereocenters. The Hall–Kier alpha value is 1.05.